The molecule has 16 heterocycles. The molecular weight excluding hydrogens is 1690 g/mol. The summed E-state index contributed by atoms with van der Waals surface area (Å²) in [4.78, 5) is 16.2. The first kappa shape index (κ1) is 83.3. The average Bonchev–Trinajstić information content (AvgIpc) is 0.310. The van der Waals surface area contributed by atoms with Gasteiger partial charge in [-0.15, -0.1) is 0 Å². The van der Waals surface area contributed by atoms with E-state index in [1.54, 1.807) is 0 Å². The molecule has 0 aromatic heterocycles. The van der Waals surface area contributed by atoms with Crippen LogP contribution in [0.3, 0.4) is 0 Å². The van der Waals surface area contributed by atoms with Gasteiger partial charge in [0.05, 0.1) is 0 Å². The molecular formula is C126H90B7N7. The SMILES string of the molecule is C1=CB2C=Cc3c(ccc4ccccc34)N2C=C1.C1=CB2C=c3c(c4ccccc4c4ccccc34)=CN2C=C1.C1=CB2C=c3ccc4c(ccc5ccccc54)c3=CN2C=C1.C1=CB2C=c3ccc4cc5ccccc5cc4c3=CN2C=C1.C1=CB2C=c3ccc4ccc5ccccc5c4c3=CN2C=C1.C1=CC2=CC=C3C=CC=C4C=CC(=C1)B2N43.C1=Cc2ccccc2N2B1C=Cc1ccccc12. The fourth-order valence-electron chi connectivity index (χ4n) is 22.5. The van der Waals surface area contributed by atoms with Crippen LogP contribution in [0.25, 0.3) is 164 Å². The van der Waals surface area contributed by atoms with E-state index in [0.717, 1.165) is 0 Å². The van der Waals surface area contributed by atoms with Gasteiger partial charge in [-0.25, -0.2) is 0 Å². The molecule has 16 aliphatic heterocycles. The summed E-state index contributed by atoms with van der Waals surface area (Å²) in [5.41, 5.74) is 13.1. The van der Waals surface area contributed by atoms with Crippen LogP contribution in [0.15, 0.2) is 502 Å². The maximum Gasteiger partial charge on any atom is 0.328 e. The van der Waals surface area contributed by atoms with Crippen LogP contribution in [0.4, 0.5) is 17.1 Å². The van der Waals surface area contributed by atoms with Crippen LogP contribution in [0.2, 0.25) is 0 Å². The van der Waals surface area contributed by atoms with Crippen molar-refractivity contribution in [3.63, 3.8) is 0 Å². The molecule has 16 aromatic rings. The van der Waals surface area contributed by atoms with Gasteiger partial charge in [0.15, 0.2) is 0 Å². The second-order valence-corrected chi connectivity index (χ2v) is 37.4. The highest BCUT2D eigenvalue weighted by Gasteiger charge is 2.38. The van der Waals surface area contributed by atoms with E-state index >= 15 is 0 Å². The molecule has 0 unspecified atom stereocenters. The Labute approximate surface area is 816 Å². The first-order valence-electron chi connectivity index (χ1n) is 48.8. The quantitative estimate of drug-likeness (QED) is 0.0847. The van der Waals surface area contributed by atoms with Gasteiger partial charge >= 0.3 is 47.9 Å². The van der Waals surface area contributed by atoms with Gasteiger partial charge < -0.3 is 33.7 Å². The molecule has 16 aromatic carbocycles. The molecule has 650 valence electrons. The van der Waals surface area contributed by atoms with Crippen LogP contribution in [0, 0.1) is 0 Å². The standard InChI is InChI=1S/4C20H14BN.2C16H12BN.C14H10BN/c1-3-9-17-15(7-1)16-8-2-4-10-18(16)20-14-22-12-6-5-11-21(22)13-19(17)20;1-2-6-17-15(5-1)7-9-19-18(17)10-8-16-13-21-11-3-4-12-22(21)14-20(16)19;1-2-6-18-15(5-1)7-8-16-9-10-17-13-21-11-3-4-12-22(21)14-19(17)20(16)18;1-2-6-16-12-19-17(11-15(16)5-1)7-8-18-13-21-9-3-4-10-22(21)14-20(18)19;1-3-7-15-13(5-1)9-11-17-12-10-14-6-2-4-8-16(14)18(15)17;1-2-6-14-13(5-1)7-8-16-15(14)9-11-17-10-3-4-12-18(16)17;1-3-11-7-9-13-5-2-6-14-10-8-12(4-1)15(11)16(13)14/h4*1-14H;2*1-12H;1-10H. The number of allylic oxidation sites excluding steroid dienone is 22. The van der Waals surface area contributed by atoms with Crippen LogP contribution in [0.1, 0.15) is 16.7 Å². The molecule has 0 radical (unpaired) electrons. The Balaban J connectivity index is 0.0000000843. The second-order valence-electron chi connectivity index (χ2n) is 37.4. The Bertz CT molecular complexity index is 8980. The largest absolute Gasteiger partial charge is 0.389 e. The van der Waals surface area contributed by atoms with Crippen LogP contribution in [0.5, 0.6) is 0 Å². The molecule has 0 saturated carbocycles. The summed E-state index contributed by atoms with van der Waals surface area (Å²) in [6.07, 6.45) is 69.4. The highest BCUT2D eigenvalue weighted by atomic mass is 15.1. The summed E-state index contributed by atoms with van der Waals surface area (Å²) in [5.74, 6) is 27.3. The topological polar surface area (TPSA) is 22.7 Å². The van der Waals surface area contributed by atoms with E-state index in [2.05, 4.69) is 580 Å². The highest BCUT2D eigenvalue weighted by Crippen LogP contribution is 2.42. The molecule has 0 aliphatic carbocycles. The fraction of sp³-hybridized carbons (Fsp3) is 0. The van der Waals surface area contributed by atoms with Crippen LogP contribution < -0.4 is 51.4 Å². The zero-order chi connectivity index (χ0) is 92.5. The summed E-state index contributed by atoms with van der Waals surface area (Å²) in [5, 5.41) is 34.4. The van der Waals surface area contributed by atoms with Crippen molar-refractivity contribution in [2.24, 2.45) is 0 Å². The van der Waals surface area contributed by atoms with Gasteiger partial charge in [-0.2, -0.15) is 0 Å². The Morgan fingerprint density at radius 2 is 0.643 bits per heavy atom. The molecule has 140 heavy (non-hydrogen) atoms. The van der Waals surface area contributed by atoms with Crippen molar-refractivity contribution < 1.29 is 0 Å². The van der Waals surface area contributed by atoms with Crippen molar-refractivity contribution in [2.45, 2.75) is 0 Å². The van der Waals surface area contributed by atoms with Crippen molar-refractivity contribution in [2.75, 3.05) is 9.62 Å². The van der Waals surface area contributed by atoms with Gasteiger partial charge in [0.25, 0.3) is 0 Å². The molecule has 0 fully saturated rings. The van der Waals surface area contributed by atoms with Crippen molar-refractivity contribution in [3.8, 4) is 0 Å². The minimum Gasteiger partial charge on any atom is -0.389 e. The number of rotatable bonds is 0. The summed E-state index contributed by atoms with van der Waals surface area (Å²) >= 11 is 0. The zero-order valence-corrected chi connectivity index (χ0v) is 77.1. The molecule has 16 aliphatic rings. The van der Waals surface area contributed by atoms with E-state index in [1.165, 1.54) is 195 Å². The van der Waals surface area contributed by atoms with Gasteiger partial charge in [-0.3, -0.25) is 0 Å². The number of para-hydroxylation sites is 2. The lowest BCUT2D eigenvalue weighted by molar-refractivity contribution is 0.683. The fourth-order valence-corrected chi connectivity index (χ4v) is 22.5. The Morgan fingerprint density at radius 3 is 1.31 bits per heavy atom. The van der Waals surface area contributed by atoms with E-state index < -0.39 is 0 Å². The molecule has 0 spiro atoms. The molecule has 14 heteroatoms. The maximum atomic E-state index is 2.41. The van der Waals surface area contributed by atoms with Crippen molar-refractivity contribution in [1.82, 2.24) is 24.1 Å². The lowest BCUT2D eigenvalue weighted by Gasteiger charge is -2.41. The van der Waals surface area contributed by atoms with Gasteiger partial charge in [-0.05, 0) is 270 Å². The van der Waals surface area contributed by atoms with Gasteiger partial charge in [0, 0.05) is 54.9 Å². The summed E-state index contributed by atoms with van der Waals surface area (Å²) in [6.45, 7) is 2.45. The Kier molecular flexibility index (Phi) is 21.3. The first-order chi connectivity index (χ1) is 69.4. The Hall–Kier alpha value is -17.3. The molecule has 0 saturated heterocycles. The smallest absolute Gasteiger partial charge is 0.328 e. The molecule has 32 rings (SSSR count). The normalized spacial score (nSPS) is 16.4. The minimum absolute atomic E-state index is 0.321. The molecule has 0 atom stereocenters. The maximum absolute atomic E-state index is 2.41. The van der Waals surface area contributed by atoms with Crippen molar-refractivity contribution >= 4 is 229 Å². The third-order valence-corrected chi connectivity index (χ3v) is 29.3. The number of benzene rings is 16. The van der Waals surface area contributed by atoms with E-state index in [1.807, 2.05) is 0 Å². The lowest BCUT2D eigenvalue weighted by Crippen LogP contribution is -2.45. The van der Waals surface area contributed by atoms with E-state index in [4.69, 9.17) is 0 Å². The number of anilines is 3. The first-order valence-corrected chi connectivity index (χ1v) is 48.8. The van der Waals surface area contributed by atoms with Gasteiger partial charge in [0.2, 0.25) is 0 Å². The molecule has 0 amide bonds. The Morgan fingerprint density at radius 1 is 0.207 bits per heavy atom. The summed E-state index contributed by atoms with van der Waals surface area (Å²) in [6, 6.07) is 100. The van der Waals surface area contributed by atoms with Crippen LogP contribution in [-0.2, 0) is 0 Å². The van der Waals surface area contributed by atoms with E-state index in [0.29, 0.717) is 47.9 Å². The number of hydrogen-bond donors (Lipinski definition) is 0. The zero-order valence-electron chi connectivity index (χ0n) is 77.1. The van der Waals surface area contributed by atoms with Gasteiger partial charge in [-0.1, -0.05) is 416 Å². The predicted molar refractivity (Wildman–Crippen MR) is 608 cm³/mol. The van der Waals surface area contributed by atoms with Crippen LogP contribution >= 0.6 is 0 Å². The third-order valence-electron chi connectivity index (χ3n) is 29.3. The van der Waals surface area contributed by atoms with E-state index in [-0.39, 0.29) is 0 Å². The minimum atomic E-state index is 0.321. The van der Waals surface area contributed by atoms with Crippen molar-refractivity contribution in [3.05, 3.63) is 560 Å². The van der Waals surface area contributed by atoms with E-state index in [9.17, 15) is 0 Å². The van der Waals surface area contributed by atoms with Gasteiger partial charge in [0.1, 0.15) is 0 Å². The number of fused-ring (bicyclic) bond motifs is 34. The third kappa shape index (κ3) is 15.2. The summed E-state index contributed by atoms with van der Waals surface area (Å²) < 4.78 is 0. The number of nitrogens with zero attached hydrogens (tertiary/aromatic N) is 7. The molecule has 0 bridgehead atoms. The predicted octanol–water partition coefficient (Wildman–Crippen LogP) is 22.4. The summed E-state index contributed by atoms with van der Waals surface area (Å²) in [7, 11) is 0. The second kappa shape index (κ2) is 35.7. The monoisotopic (exact) mass is 1780 g/mol. The van der Waals surface area contributed by atoms with Crippen LogP contribution in [-0.4, -0.2) is 72.0 Å². The van der Waals surface area contributed by atoms with Crippen molar-refractivity contribution in [1.29, 1.82) is 0 Å². The molecule has 0 N–H and O–H groups in total. The number of hydrogen-bond acceptors (Lipinski definition) is 7. The molecule has 7 nitrogen and oxygen atoms in total. The lowest BCUT2D eigenvalue weighted by atomic mass is 9.43. The average molecular weight is 1780 g/mol. The highest BCUT2D eigenvalue weighted by molar-refractivity contribution is 6.79.